The first-order valence-corrected chi connectivity index (χ1v) is 8.04. The molecule has 3 rings (SSSR count). The number of anilines is 2. The minimum atomic E-state index is -0.0854. The van der Waals surface area contributed by atoms with Crippen molar-refractivity contribution in [1.29, 1.82) is 0 Å². The van der Waals surface area contributed by atoms with E-state index in [4.69, 9.17) is 4.74 Å². The van der Waals surface area contributed by atoms with Crippen LogP contribution in [0.4, 0.5) is 11.4 Å². The Morgan fingerprint density at radius 3 is 2.90 bits per heavy atom. The second kappa shape index (κ2) is 6.47. The van der Waals surface area contributed by atoms with Crippen LogP contribution in [0.2, 0.25) is 0 Å². The third kappa shape index (κ3) is 3.08. The van der Waals surface area contributed by atoms with Crippen molar-refractivity contribution in [2.45, 2.75) is 6.04 Å². The number of thioether (sulfide) groups is 1. The van der Waals surface area contributed by atoms with Crippen LogP contribution in [-0.2, 0) is 9.53 Å². The normalized spacial score (nSPS) is 22.8. The predicted molar refractivity (Wildman–Crippen MR) is 82.4 cm³/mol. The van der Waals surface area contributed by atoms with Crippen molar-refractivity contribution in [3.63, 3.8) is 0 Å². The van der Waals surface area contributed by atoms with Crippen LogP contribution in [0.15, 0.2) is 24.3 Å². The van der Waals surface area contributed by atoms with Crippen molar-refractivity contribution in [3.05, 3.63) is 24.3 Å². The van der Waals surface area contributed by atoms with E-state index in [-0.39, 0.29) is 11.9 Å². The Bertz CT molecular complexity index is 471. The van der Waals surface area contributed by atoms with Gasteiger partial charge in [0.15, 0.2) is 0 Å². The van der Waals surface area contributed by atoms with Gasteiger partial charge in [0.2, 0.25) is 5.91 Å². The fourth-order valence-electron chi connectivity index (χ4n) is 2.44. The second-order valence-electron chi connectivity index (χ2n) is 4.88. The Kier molecular flexibility index (Phi) is 4.44. The lowest BCUT2D eigenvalue weighted by Crippen LogP contribution is -2.39. The maximum Gasteiger partial charge on any atom is 0.242 e. The zero-order chi connectivity index (χ0) is 13.8. The Labute approximate surface area is 123 Å². The summed E-state index contributed by atoms with van der Waals surface area (Å²) in [6.07, 6.45) is 0. The van der Waals surface area contributed by atoms with Gasteiger partial charge in [-0.25, -0.2) is 0 Å². The minimum absolute atomic E-state index is 0.0516. The van der Waals surface area contributed by atoms with Crippen LogP contribution < -0.4 is 15.5 Å². The average Bonchev–Trinajstić information content (AvgIpc) is 3.03. The van der Waals surface area contributed by atoms with Gasteiger partial charge in [-0.05, 0) is 12.1 Å². The van der Waals surface area contributed by atoms with Crippen LogP contribution in [0.5, 0.6) is 0 Å². The van der Waals surface area contributed by atoms with Gasteiger partial charge in [0.25, 0.3) is 0 Å². The predicted octanol–water partition coefficient (Wildman–Crippen LogP) is 1.12. The molecule has 0 radical (unpaired) electrons. The largest absolute Gasteiger partial charge is 0.378 e. The molecule has 108 valence electrons. The average molecular weight is 293 g/mol. The van der Waals surface area contributed by atoms with Gasteiger partial charge in [-0.1, -0.05) is 12.1 Å². The fourth-order valence-corrected chi connectivity index (χ4v) is 3.38. The summed E-state index contributed by atoms with van der Waals surface area (Å²) in [6, 6.07) is 7.89. The number of ether oxygens (including phenoxy) is 1. The van der Waals surface area contributed by atoms with E-state index in [0.29, 0.717) is 0 Å². The number of benzene rings is 1. The summed E-state index contributed by atoms with van der Waals surface area (Å²) in [6.45, 7) is 3.21. The molecule has 0 saturated carbocycles. The molecule has 1 atom stereocenters. The van der Waals surface area contributed by atoms with Crippen LogP contribution >= 0.6 is 11.8 Å². The number of para-hydroxylation sites is 2. The zero-order valence-corrected chi connectivity index (χ0v) is 12.1. The van der Waals surface area contributed by atoms with Crippen LogP contribution in [0.1, 0.15) is 0 Å². The van der Waals surface area contributed by atoms with Crippen molar-refractivity contribution in [3.8, 4) is 0 Å². The van der Waals surface area contributed by atoms with Crippen LogP contribution in [0.25, 0.3) is 0 Å². The van der Waals surface area contributed by atoms with Gasteiger partial charge < -0.3 is 15.0 Å². The van der Waals surface area contributed by atoms with E-state index >= 15 is 0 Å². The quantitative estimate of drug-likeness (QED) is 0.875. The minimum Gasteiger partial charge on any atom is -0.378 e. The van der Waals surface area contributed by atoms with Gasteiger partial charge in [-0.2, -0.15) is 0 Å². The third-order valence-electron chi connectivity index (χ3n) is 3.55. The van der Waals surface area contributed by atoms with E-state index in [2.05, 4.69) is 21.6 Å². The monoisotopic (exact) mass is 293 g/mol. The number of rotatable bonds is 3. The van der Waals surface area contributed by atoms with Crippen molar-refractivity contribution in [1.82, 2.24) is 5.32 Å². The molecular weight excluding hydrogens is 274 g/mol. The lowest BCUT2D eigenvalue weighted by molar-refractivity contribution is -0.117. The maximum atomic E-state index is 12.2. The maximum absolute atomic E-state index is 12.2. The third-order valence-corrected chi connectivity index (χ3v) is 4.49. The first-order valence-electron chi connectivity index (χ1n) is 6.88. The van der Waals surface area contributed by atoms with Gasteiger partial charge in [0, 0.05) is 24.7 Å². The van der Waals surface area contributed by atoms with Gasteiger partial charge in [0.1, 0.15) is 0 Å². The summed E-state index contributed by atoms with van der Waals surface area (Å²) >= 11 is 1.75. The Balaban J connectivity index is 1.73. The highest BCUT2D eigenvalue weighted by Gasteiger charge is 2.24. The Morgan fingerprint density at radius 1 is 1.35 bits per heavy atom. The molecule has 2 N–H and O–H groups in total. The lowest BCUT2D eigenvalue weighted by atomic mass is 10.2. The molecule has 2 aliphatic rings. The fraction of sp³-hybridized carbons (Fsp3) is 0.500. The van der Waals surface area contributed by atoms with E-state index in [0.717, 1.165) is 49.3 Å². The molecule has 1 amide bonds. The van der Waals surface area contributed by atoms with Crippen LogP contribution in [0, 0.1) is 0 Å². The standard InChI is InChI=1S/C14H19N3O2S/c18-14(12-9-20-10-15-12)16-11-3-1-2-4-13(11)17-5-7-19-8-6-17/h1-4,12,15H,5-10H2,(H,16,18). The van der Waals surface area contributed by atoms with E-state index in [1.807, 2.05) is 18.2 Å². The number of carbonyl (C=O) groups is 1. The number of hydrogen-bond donors (Lipinski definition) is 2. The molecule has 1 aromatic rings. The van der Waals surface area contributed by atoms with Gasteiger partial charge in [0.05, 0.1) is 30.6 Å². The molecule has 2 heterocycles. The Morgan fingerprint density at radius 2 is 2.15 bits per heavy atom. The molecule has 0 aliphatic carbocycles. The zero-order valence-electron chi connectivity index (χ0n) is 11.3. The summed E-state index contributed by atoms with van der Waals surface area (Å²) in [7, 11) is 0. The molecule has 2 aliphatic heterocycles. The molecule has 0 aromatic heterocycles. The number of nitrogens with one attached hydrogen (secondary N) is 2. The molecule has 0 spiro atoms. The molecule has 1 aromatic carbocycles. The molecule has 2 saturated heterocycles. The topological polar surface area (TPSA) is 53.6 Å². The highest BCUT2D eigenvalue weighted by molar-refractivity contribution is 7.99. The molecule has 2 fully saturated rings. The molecule has 6 heteroatoms. The SMILES string of the molecule is O=C(Nc1ccccc1N1CCOCC1)C1CSCN1. The number of carbonyl (C=O) groups excluding carboxylic acids is 1. The molecule has 5 nitrogen and oxygen atoms in total. The van der Waals surface area contributed by atoms with E-state index in [9.17, 15) is 4.79 Å². The summed E-state index contributed by atoms with van der Waals surface area (Å²) in [5.41, 5.74) is 1.97. The number of morpholine rings is 1. The first-order chi connectivity index (χ1) is 9.84. The van der Waals surface area contributed by atoms with E-state index in [1.54, 1.807) is 11.8 Å². The van der Waals surface area contributed by atoms with Gasteiger partial charge in [-0.3, -0.25) is 10.1 Å². The first kappa shape index (κ1) is 13.7. The van der Waals surface area contributed by atoms with Crippen LogP contribution in [0.3, 0.4) is 0 Å². The number of amides is 1. The van der Waals surface area contributed by atoms with Gasteiger partial charge in [-0.15, -0.1) is 11.8 Å². The van der Waals surface area contributed by atoms with Crippen molar-refractivity contribution < 1.29 is 9.53 Å². The highest BCUT2D eigenvalue weighted by atomic mass is 32.2. The van der Waals surface area contributed by atoms with Crippen LogP contribution in [-0.4, -0.2) is 49.9 Å². The van der Waals surface area contributed by atoms with Gasteiger partial charge >= 0.3 is 0 Å². The van der Waals surface area contributed by atoms with E-state index < -0.39 is 0 Å². The number of nitrogens with zero attached hydrogens (tertiary/aromatic N) is 1. The van der Waals surface area contributed by atoms with Crippen molar-refractivity contribution in [2.24, 2.45) is 0 Å². The highest BCUT2D eigenvalue weighted by Crippen LogP contribution is 2.26. The number of hydrogen-bond acceptors (Lipinski definition) is 5. The lowest BCUT2D eigenvalue weighted by Gasteiger charge is -2.30. The smallest absolute Gasteiger partial charge is 0.242 e. The molecule has 20 heavy (non-hydrogen) atoms. The molecule has 1 unspecified atom stereocenters. The summed E-state index contributed by atoms with van der Waals surface area (Å²) in [5, 5.41) is 6.25. The summed E-state index contributed by atoms with van der Waals surface area (Å²) in [5.74, 6) is 1.74. The van der Waals surface area contributed by atoms with Crippen molar-refractivity contribution >= 4 is 29.0 Å². The van der Waals surface area contributed by atoms with E-state index in [1.165, 1.54) is 0 Å². The summed E-state index contributed by atoms with van der Waals surface area (Å²) < 4.78 is 5.38. The molecular formula is C14H19N3O2S. The second-order valence-corrected chi connectivity index (χ2v) is 5.91. The van der Waals surface area contributed by atoms with Crippen molar-refractivity contribution in [2.75, 3.05) is 48.1 Å². The molecule has 0 bridgehead atoms. The Hall–Kier alpha value is -1.24. The summed E-state index contributed by atoms with van der Waals surface area (Å²) in [4.78, 5) is 14.5.